The first-order chi connectivity index (χ1) is 14.8. The summed E-state index contributed by atoms with van der Waals surface area (Å²) in [4.78, 5) is 1.64. The maximum Gasteiger partial charge on any atom is 0.430 e. The fourth-order valence-electron chi connectivity index (χ4n) is 3.82. The van der Waals surface area contributed by atoms with Crippen LogP contribution in [0, 0.1) is 11.6 Å². The van der Waals surface area contributed by atoms with Gasteiger partial charge in [-0.2, -0.15) is 26.3 Å². The minimum Gasteiger partial charge on any atom is -0.371 e. The summed E-state index contributed by atoms with van der Waals surface area (Å²) in [5.41, 5.74) is -6.08. The second-order valence-electron chi connectivity index (χ2n) is 7.57. The smallest absolute Gasteiger partial charge is 0.371 e. The minimum absolute atomic E-state index is 0.0589. The van der Waals surface area contributed by atoms with E-state index < -0.39 is 35.2 Å². The molecule has 0 saturated heterocycles. The van der Waals surface area contributed by atoms with E-state index in [0.717, 1.165) is 18.2 Å². The highest BCUT2D eigenvalue weighted by atomic mass is 35.5. The summed E-state index contributed by atoms with van der Waals surface area (Å²) >= 11 is 5.69. The number of alkyl halides is 6. The van der Waals surface area contributed by atoms with Crippen molar-refractivity contribution in [2.45, 2.75) is 43.6 Å². The molecule has 32 heavy (non-hydrogen) atoms. The summed E-state index contributed by atoms with van der Waals surface area (Å²) in [6.45, 7) is 0.447. The Morgan fingerprint density at radius 2 is 1.59 bits per heavy atom. The molecule has 0 atom stereocenters. The van der Waals surface area contributed by atoms with Gasteiger partial charge in [-0.3, -0.25) is 0 Å². The predicted molar refractivity (Wildman–Crippen MR) is 103 cm³/mol. The molecule has 1 aliphatic heterocycles. The van der Waals surface area contributed by atoms with Crippen molar-refractivity contribution < 1.29 is 40.2 Å². The summed E-state index contributed by atoms with van der Waals surface area (Å²) < 4.78 is 108. The van der Waals surface area contributed by atoms with Crippen LogP contribution in [0.2, 0.25) is 5.02 Å². The van der Waals surface area contributed by atoms with E-state index in [-0.39, 0.29) is 35.5 Å². The van der Waals surface area contributed by atoms with Crippen LogP contribution in [0.4, 0.5) is 40.8 Å². The van der Waals surface area contributed by atoms with Crippen LogP contribution in [0.3, 0.4) is 0 Å². The van der Waals surface area contributed by atoms with Crippen LogP contribution >= 0.6 is 11.6 Å². The third-order valence-electron chi connectivity index (χ3n) is 5.55. The Hall–Kier alpha value is -2.07. The van der Waals surface area contributed by atoms with Crippen molar-refractivity contribution in [3.63, 3.8) is 0 Å². The second kappa shape index (κ2) is 8.70. The Bertz CT molecular complexity index is 975. The second-order valence-corrected chi connectivity index (χ2v) is 7.97. The maximum absolute atomic E-state index is 14.2. The average molecular weight is 488 g/mol. The van der Waals surface area contributed by atoms with Crippen molar-refractivity contribution in [1.82, 2.24) is 0 Å². The molecular weight excluding hydrogens is 470 g/mol. The number of hydrogen-bond donors (Lipinski definition) is 1. The quantitative estimate of drug-likeness (QED) is 0.403. The zero-order chi connectivity index (χ0) is 23.9. The first-order valence-corrected chi connectivity index (χ1v) is 10.0. The third kappa shape index (κ3) is 4.39. The van der Waals surface area contributed by atoms with Crippen LogP contribution in [0.15, 0.2) is 30.3 Å². The first kappa shape index (κ1) is 24.6. The Kier molecular flexibility index (Phi) is 6.68. The molecule has 1 heterocycles. The molecule has 0 fully saturated rings. The highest BCUT2D eigenvalue weighted by Crippen LogP contribution is 2.50. The molecular formula is C21H18ClF8NO. The van der Waals surface area contributed by atoms with Gasteiger partial charge in [-0.05, 0) is 49.4 Å². The number of rotatable bonds is 4. The molecule has 1 aliphatic rings. The van der Waals surface area contributed by atoms with Crippen molar-refractivity contribution >= 4 is 17.3 Å². The van der Waals surface area contributed by atoms with E-state index in [2.05, 4.69) is 0 Å². The van der Waals surface area contributed by atoms with E-state index >= 15 is 0 Å². The highest BCUT2D eigenvalue weighted by molar-refractivity contribution is 6.30. The first-order valence-electron chi connectivity index (χ1n) is 9.64. The maximum atomic E-state index is 14.2. The number of nitrogens with zero attached hydrogens (tertiary/aromatic N) is 1. The van der Waals surface area contributed by atoms with Crippen LogP contribution in [0.25, 0.3) is 0 Å². The molecule has 3 rings (SSSR count). The Balaban J connectivity index is 1.96. The van der Waals surface area contributed by atoms with Gasteiger partial charge in [0.15, 0.2) is 0 Å². The lowest BCUT2D eigenvalue weighted by Crippen LogP contribution is -2.54. The van der Waals surface area contributed by atoms with Crippen molar-refractivity contribution in [2.24, 2.45) is 0 Å². The molecule has 2 nitrogen and oxygen atoms in total. The predicted octanol–water partition coefficient (Wildman–Crippen LogP) is 6.32. The Morgan fingerprint density at radius 1 is 0.938 bits per heavy atom. The van der Waals surface area contributed by atoms with Crippen molar-refractivity contribution in [3.05, 3.63) is 63.7 Å². The van der Waals surface area contributed by atoms with Gasteiger partial charge in [0.25, 0.3) is 5.60 Å². The zero-order valence-electron chi connectivity index (χ0n) is 16.4. The van der Waals surface area contributed by atoms with Gasteiger partial charge in [0.1, 0.15) is 11.6 Å². The monoisotopic (exact) mass is 487 g/mol. The molecule has 0 unspecified atom stereocenters. The van der Waals surface area contributed by atoms with Gasteiger partial charge in [-0.15, -0.1) is 0 Å². The van der Waals surface area contributed by atoms with Gasteiger partial charge in [-0.1, -0.05) is 23.7 Å². The van der Waals surface area contributed by atoms with Crippen LogP contribution in [-0.2, 0) is 18.4 Å². The number of benzene rings is 2. The van der Waals surface area contributed by atoms with Crippen LogP contribution in [0.1, 0.15) is 29.5 Å². The summed E-state index contributed by atoms with van der Waals surface area (Å²) in [5.74, 6) is -1.73. The van der Waals surface area contributed by atoms with Crippen LogP contribution < -0.4 is 4.90 Å². The number of aryl methyl sites for hydroxylation is 1. The number of hydrogen-bond acceptors (Lipinski definition) is 2. The lowest BCUT2D eigenvalue weighted by molar-refractivity contribution is -0.376. The van der Waals surface area contributed by atoms with Gasteiger partial charge >= 0.3 is 12.4 Å². The van der Waals surface area contributed by atoms with Gasteiger partial charge in [-0.25, -0.2) is 8.78 Å². The van der Waals surface area contributed by atoms with Crippen molar-refractivity contribution in [2.75, 3.05) is 18.0 Å². The zero-order valence-corrected chi connectivity index (χ0v) is 17.2. The average Bonchev–Trinajstić information content (AvgIpc) is 2.90. The fraction of sp³-hybridized carbons (Fsp3) is 0.429. The van der Waals surface area contributed by atoms with E-state index in [1.54, 1.807) is 4.90 Å². The largest absolute Gasteiger partial charge is 0.430 e. The number of halogens is 9. The highest BCUT2D eigenvalue weighted by Gasteiger charge is 2.71. The molecule has 1 N–H and O–H groups in total. The SMILES string of the molecule is OC(c1ccc2c(c1)CCCCN2CCc1c(F)ccc(Cl)c1F)(C(F)(F)F)C(F)(F)F. The number of fused-ring (bicyclic) bond motifs is 1. The van der Waals surface area contributed by atoms with Gasteiger partial charge in [0, 0.05) is 29.9 Å². The van der Waals surface area contributed by atoms with Crippen molar-refractivity contribution in [1.29, 1.82) is 0 Å². The molecule has 2 aromatic rings. The molecule has 0 saturated carbocycles. The third-order valence-corrected chi connectivity index (χ3v) is 5.85. The standard InChI is InChI=1S/C21H18ClF8NO/c22-15-5-6-16(23)14(18(15)24)8-10-31-9-2-1-3-12-11-13(4-7-17(12)31)19(32,20(25,26)27)21(28,29)30/h4-7,11,32H,1-3,8-10H2. The van der Waals surface area contributed by atoms with Crippen LogP contribution in [0.5, 0.6) is 0 Å². The summed E-state index contributed by atoms with van der Waals surface area (Å²) in [5, 5.41) is 9.41. The minimum atomic E-state index is -5.98. The molecule has 0 bridgehead atoms. The normalized spacial score (nSPS) is 15.5. The van der Waals surface area contributed by atoms with E-state index in [9.17, 15) is 40.2 Å². The lowest BCUT2D eigenvalue weighted by Gasteiger charge is -2.33. The lowest BCUT2D eigenvalue weighted by atomic mass is 9.89. The van der Waals surface area contributed by atoms with Crippen molar-refractivity contribution in [3.8, 4) is 0 Å². The van der Waals surface area contributed by atoms with E-state index in [1.165, 1.54) is 0 Å². The molecule has 2 aromatic carbocycles. The van der Waals surface area contributed by atoms with Crippen LogP contribution in [-0.4, -0.2) is 30.5 Å². The van der Waals surface area contributed by atoms with Gasteiger partial charge in [0.05, 0.1) is 5.02 Å². The van der Waals surface area contributed by atoms with E-state index in [1.807, 2.05) is 0 Å². The molecule has 0 amide bonds. The fourth-order valence-corrected chi connectivity index (χ4v) is 4.00. The molecule has 0 radical (unpaired) electrons. The topological polar surface area (TPSA) is 23.5 Å². The molecule has 176 valence electrons. The summed E-state index contributed by atoms with van der Waals surface area (Å²) in [6, 6.07) is 4.44. The Labute approximate surface area is 183 Å². The summed E-state index contributed by atoms with van der Waals surface area (Å²) in [7, 11) is 0. The van der Waals surface area contributed by atoms with E-state index in [4.69, 9.17) is 11.6 Å². The Morgan fingerprint density at radius 3 is 2.22 bits per heavy atom. The molecule has 11 heteroatoms. The molecule has 0 aromatic heterocycles. The number of anilines is 1. The summed E-state index contributed by atoms with van der Waals surface area (Å²) in [6.07, 6.45) is -10.9. The number of aliphatic hydroxyl groups is 1. The van der Waals surface area contributed by atoms with Gasteiger partial charge < -0.3 is 10.0 Å². The molecule has 0 aliphatic carbocycles. The van der Waals surface area contributed by atoms with Gasteiger partial charge in [0.2, 0.25) is 0 Å². The van der Waals surface area contributed by atoms with E-state index in [0.29, 0.717) is 37.2 Å². The molecule has 0 spiro atoms.